The van der Waals surface area contributed by atoms with Crippen LogP contribution in [0.3, 0.4) is 0 Å². The maximum atomic E-state index is 12.6. The minimum atomic E-state index is -0.371. The Balaban J connectivity index is 1.57. The van der Waals surface area contributed by atoms with E-state index in [1.807, 2.05) is 30.5 Å². The summed E-state index contributed by atoms with van der Waals surface area (Å²) in [5, 5.41) is 2.36. The summed E-state index contributed by atoms with van der Waals surface area (Å²) in [6, 6.07) is 12.6. The summed E-state index contributed by atoms with van der Waals surface area (Å²) in [6.07, 6.45) is 3.69. The van der Waals surface area contributed by atoms with E-state index < -0.39 is 0 Å². The number of carbonyl (C=O) groups excluding carboxylic acids is 4. The monoisotopic (exact) mass is 484 g/mol. The van der Waals surface area contributed by atoms with Crippen molar-refractivity contribution in [2.75, 3.05) is 26.5 Å². The van der Waals surface area contributed by atoms with Gasteiger partial charge in [-0.2, -0.15) is 0 Å². The van der Waals surface area contributed by atoms with Gasteiger partial charge in [-0.25, -0.2) is 0 Å². The molecular weight excluding hydrogens is 460 g/mol. The lowest BCUT2D eigenvalue weighted by atomic mass is 10.0. The van der Waals surface area contributed by atoms with Crippen LogP contribution in [0.4, 0.5) is 4.79 Å². The van der Waals surface area contributed by atoms with E-state index in [9.17, 15) is 19.2 Å². The highest BCUT2D eigenvalue weighted by molar-refractivity contribution is 8.18. The average Bonchev–Trinajstić information content (AvgIpc) is 3.06. The molecule has 0 radical (unpaired) electrons. The lowest BCUT2D eigenvalue weighted by Gasteiger charge is -2.14. The molecule has 0 saturated carbocycles. The van der Waals surface area contributed by atoms with Gasteiger partial charge < -0.3 is 10.1 Å². The van der Waals surface area contributed by atoms with Crippen LogP contribution in [0.2, 0.25) is 0 Å². The van der Waals surface area contributed by atoms with E-state index in [-0.39, 0.29) is 42.3 Å². The van der Waals surface area contributed by atoms with Crippen LogP contribution in [-0.2, 0) is 16.0 Å². The van der Waals surface area contributed by atoms with Crippen LogP contribution < -0.4 is 10.1 Å². The van der Waals surface area contributed by atoms with E-state index in [2.05, 4.69) is 5.32 Å². The number of methoxy groups -OCH3 is 1. The summed E-state index contributed by atoms with van der Waals surface area (Å²) in [4.78, 5) is 51.6. The van der Waals surface area contributed by atoms with Crippen molar-refractivity contribution in [2.24, 2.45) is 0 Å². The molecule has 0 spiro atoms. The molecule has 2 aromatic carbocycles. The number of carbonyl (C=O) groups is 4. The SMILES string of the molecule is COc1ccc(C(C)=O)cc1CC(=O)NCCN1C(=O)SC(=Cc2ccc(SC)cc2)C1=O. The zero-order valence-electron chi connectivity index (χ0n) is 18.5. The molecule has 0 unspecified atom stereocenters. The molecule has 1 aliphatic heterocycles. The van der Waals surface area contributed by atoms with Gasteiger partial charge in [0.2, 0.25) is 5.91 Å². The molecule has 9 heteroatoms. The number of nitrogens with zero attached hydrogens (tertiary/aromatic N) is 1. The topological polar surface area (TPSA) is 92.8 Å². The number of hydrogen-bond acceptors (Lipinski definition) is 7. The molecule has 1 heterocycles. The van der Waals surface area contributed by atoms with Crippen molar-refractivity contribution in [1.29, 1.82) is 0 Å². The fraction of sp³-hybridized carbons (Fsp3) is 0.250. The summed E-state index contributed by atoms with van der Waals surface area (Å²) in [5.41, 5.74) is 1.92. The number of imide groups is 1. The van der Waals surface area contributed by atoms with Gasteiger partial charge in [0.1, 0.15) is 5.75 Å². The Morgan fingerprint density at radius 1 is 1.15 bits per heavy atom. The molecule has 3 rings (SSSR count). The lowest BCUT2D eigenvalue weighted by Crippen LogP contribution is -2.37. The smallest absolute Gasteiger partial charge is 0.293 e. The molecule has 1 aliphatic rings. The number of ether oxygens (including phenoxy) is 1. The number of amides is 3. The fourth-order valence-corrected chi connectivity index (χ4v) is 4.50. The maximum absolute atomic E-state index is 12.6. The Morgan fingerprint density at radius 2 is 1.88 bits per heavy atom. The fourth-order valence-electron chi connectivity index (χ4n) is 3.22. The number of nitrogens with one attached hydrogen (secondary N) is 1. The predicted octanol–water partition coefficient (Wildman–Crippen LogP) is 4.01. The van der Waals surface area contributed by atoms with Gasteiger partial charge in [-0.1, -0.05) is 12.1 Å². The van der Waals surface area contributed by atoms with Gasteiger partial charge in [-0.3, -0.25) is 24.1 Å². The second-order valence-corrected chi connectivity index (χ2v) is 9.09. The van der Waals surface area contributed by atoms with E-state index in [1.54, 1.807) is 36.0 Å². The van der Waals surface area contributed by atoms with Crippen LogP contribution in [0.1, 0.15) is 28.4 Å². The molecule has 0 bridgehead atoms. The summed E-state index contributed by atoms with van der Waals surface area (Å²) in [6.45, 7) is 1.65. The third kappa shape index (κ3) is 6.27. The Labute approximate surface area is 200 Å². The molecule has 7 nitrogen and oxygen atoms in total. The standard InChI is InChI=1S/C24H24N2O5S2/c1-15(27)17-6-9-20(31-2)18(13-17)14-22(28)25-10-11-26-23(29)21(33-24(26)30)12-16-4-7-19(32-3)8-5-16/h4-9,12-13H,10-11,14H2,1-3H3,(H,25,28). The number of rotatable bonds is 9. The van der Waals surface area contributed by atoms with E-state index in [1.165, 1.54) is 14.0 Å². The van der Waals surface area contributed by atoms with Gasteiger partial charge in [0.05, 0.1) is 18.4 Å². The summed E-state index contributed by atoms with van der Waals surface area (Å²) >= 11 is 2.51. The second kappa shape index (κ2) is 11.2. The van der Waals surface area contributed by atoms with Crippen molar-refractivity contribution in [3.63, 3.8) is 0 Å². The van der Waals surface area contributed by atoms with E-state index in [4.69, 9.17) is 4.74 Å². The van der Waals surface area contributed by atoms with Crippen molar-refractivity contribution < 1.29 is 23.9 Å². The molecule has 172 valence electrons. The van der Waals surface area contributed by atoms with Crippen LogP contribution in [0, 0.1) is 0 Å². The molecule has 3 amide bonds. The molecule has 0 aromatic heterocycles. The van der Waals surface area contributed by atoms with Crippen molar-refractivity contribution in [2.45, 2.75) is 18.2 Å². The first-order chi connectivity index (χ1) is 15.8. The number of hydrogen-bond donors (Lipinski definition) is 1. The zero-order valence-corrected chi connectivity index (χ0v) is 20.2. The Morgan fingerprint density at radius 3 is 2.52 bits per heavy atom. The minimum Gasteiger partial charge on any atom is -0.496 e. The van der Waals surface area contributed by atoms with Crippen molar-refractivity contribution >= 4 is 52.4 Å². The van der Waals surface area contributed by atoms with Crippen molar-refractivity contribution in [3.05, 3.63) is 64.1 Å². The van der Waals surface area contributed by atoms with Crippen molar-refractivity contribution in [1.82, 2.24) is 10.2 Å². The van der Waals surface area contributed by atoms with Crippen LogP contribution in [0.5, 0.6) is 5.75 Å². The number of ketones is 1. The van der Waals surface area contributed by atoms with Gasteiger partial charge in [0.25, 0.3) is 11.1 Å². The first kappa shape index (κ1) is 24.6. The van der Waals surface area contributed by atoms with E-state index >= 15 is 0 Å². The Bertz CT molecular complexity index is 1110. The van der Waals surface area contributed by atoms with Crippen LogP contribution in [0.25, 0.3) is 6.08 Å². The van der Waals surface area contributed by atoms with Gasteiger partial charge in [0.15, 0.2) is 5.78 Å². The first-order valence-electron chi connectivity index (χ1n) is 10.2. The third-order valence-corrected chi connectivity index (χ3v) is 6.63. The third-order valence-electron chi connectivity index (χ3n) is 4.98. The van der Waals surface area contributed by atoms with Gasteiger partial charge in [0, 0.05) is 29.1 Å². The Kier molecular flexibility index (Phi) is 8.35. The van der Waals surface area contributed by atoms with Crippen LogP contribution in [-0.4, -0.2) is 54.2 Å². The van der Waals surface area contributed by atoms with Gasteiger partial charge >= 0.3 is 0 Å². The van der Waals surface area contributed by atoms with Crippen LogP contribution in [0.15, 0.2) is 52.3 Å². The van der Waals surface area contributed by atoms with E-state index in [0.717, 1.165) is 27.1 Å². The average molecular weight is 485 g/mol. The molecule has 2 aromatic rings. The highest BCUT2D eigenvalue weighted by Gasteiger charge is 2.34. The quantitative estimate of drug-likeness (QED) is 0.326. The number of benzene rings is 2. The molecule has 1 fully saturated rings. The normalized spacial score (nSPS) is 14.6. The number of Topliss-reactive ketones (excluding diaryl/α,β-unsaturated/α-hetero) is 1. The summed E-state index contributed by atoms with van der Waals surface area (Å²) in [5.74, 6) is -0.266. The summed E-state index contributed by atoms with van der Waals surface area (Å²) < 4.78 is 5.27. The summed E-state index contributed by atoms with van der Waals surface area (Å²) in [7, 11) is 1.49. The van der Waals surface area contributed by atoms with Crippen LogP contribution >= 0.6 is 23.5 Å². The minimum absolute atomic E-state index is 0.0120. The van der Waals surface area contributed by atoms with Crippen molar-refractivity contribution in [3.8, 4) is 5.75 Å². The molecule has 33 heavy (non-hydrogen) atoms. The van der Waals surface area contributed by atoms with Gasteiger partial charge in [-0.15, -0.1) is 11.8 Å². The van der Waals surface area contributed by atoms with E-state index in [0.29, 0.717) is 21.8 Å². The zero-order chi connectivity index (χ0) is 24.0. The second-order valence-electron chi connectivity index (χ2n) is 7.22. The molecular formula is C24H24N2O5S2. The molecule has 1 N–H and O–H groups in total. The molecule has 0 aliphatic carbocycles. The first-order valence-corrected chi connectivity index (χ1v) is 12.2. The lowest BCUT2D eigenvalue weighted by molar-refractivity contribution is -0.124. The Hall–Kier alpha value is -3.04. The number of thioether (sulfide) groups is 2. The molecule has 1 saturated heterocycles. The highest BCUT2D eigenvalue weighted by atomic mass is 32.2. The largest absolute Gasteiger partial charge is 0.496 e. The highest BCUT2D eigenvalue weighted by Crippen LogP contribution is 2.32. The predicted molar refractivity (Wildman–Crippen MR) is 131 cm³/mol. The maximum Gasteiger partial charge on any atom is 0.293 e. The molecule has 0 atom stereocenters. The van der Waals surface area contributed by atoms with Gasteiger partial charge in [-0.05, 0) is 66.9 Å².